The second kappa shape index (κ2) is 15.2. The van der Waals surface area contributed by atoms with Gasteiger partial charge in [-0.25, -0.2) is 0 Å². The van der Waals surface area contributed by atoms with Crippen molar-refractivity contribution in [2.75, 3.05) is 0 Å². The summed E-state index contributed by atoms with van der Waals surface area (Å²) in [6.45, 7) is 2.28. The monoisotopic (exact) mass is 378 g/mol. The SMILES string of the molecule is CCCCCCCCCCCCCCCCCCC1=C(N)CC(N)(O)C=C1. The van der Waals surface area contributed by atoms with Crippen LogP contribution in [0.3, 0.4) is 0 Å². The Kier molecular flexibility index (Phi) is 13.6. The van der Waals surface area contributed by atoms with Gasteiger partial charge in [0.2, 0.25) is 0 Å². The number of hydrogen-bond donors (Lipinski definition) is 3. The molecule has 0 bridgehead atoms. The molecule has 0 aromatic carbocycles. The molecule has 5 N–H and O–H groups in total. The molecule has 0 saturated carbocycles. The first-order chi connectivity index (χ1) is 13.0. The lowest BCUT2D eigenvalue weighted by Crippen LogP contribution is -2.40. The van der Waals surface area contributed by atoms with Crippen LogP contribution in [0.25, 0.3) is 0 Å². The van der Waals surface area contributed by atoms with E-state index in [9.17, 15) is 5.11 Å². The second-order valence-electron chi connectivity index (χ2n) is 8.61. The lowest BCUT2D eigenvalue weighted by Gasteiger charge is -2.24. The molecule has 3 nitrogen and oxygen atoms in total. The molecule has 27 heavy (non-hydrogen) atoms. The van der Waals surface area contributed by atoms with Gasteiger partial charge in [0.25, 0.3) is 0 Å². The zero-order valence-corrected chi connectivity index (χ0v) is 18.0. The molecule has 0 aliphatic heterocycles. The maximum Gasteiger partial charge on any atom is 0.138 e. The summed E-state index contributed by atoms with van der Waals surface area (Å²) in [5.41, 5.74) is 12.4. The van der Waals surface area contributed by atoms with Crippen molar-refractivity contribution in [2.45, 2.75) is 128 Å². The lowest BCUT2D eigenvalue weighted by molar-refractivity contribution is 0.0963. The van der Waals surface area contributed by atoms with Gasteiger partial charge in [-0.15, -0.1) is 0 Å². The van der Waals surface area contributed by atoms with E-state index in [-0.39, 0.29) is 0 Å². The van der Waals surface area contributed by atoms with Crippen LogP contribution in [0.5, 0.6) is 0 Å². The molecule has 0 saturated heterocycles. The molecule has 0 amide bonds. The van der Waals surface area contributed by atoms with E-state index >= 15 is 0 Å². The van der Waals surface area contributed by atoms with Gasteiger partial charge in [-0.05, 0) is 24.5 Å². The largest absolute Gasteiger partial charge is 0.402 e. The summed E-state index contributed by atoms with van der Waals surface area (Å²) in [6, 6.07) is 0. The zero-order chi connectivity index (χ0) is 19.8. The van der Waals surface area contributed by atoms with Crippen molar-refractivity contribution in [3.05, 3.63) is 23.4 Å². The molecular formula is C24H46N2O. The van der Waals surface area contributed by atoms with Crippen LogP contribution in [0.2, 0.25) is 0 Å². The third kappa shape index (κ3) is 13.1. The number of unbranched alkanes of at least 4 members (excludes halogenated alkanes) is 15. The molecule has 0 spiro atoms. The fourth-order valence-electron chi connectivity index (χ4n) is 3.94. The molecule has 1 aliphatic rings. The Bertz CT molecular complexity index is 426. The van der Waals surface area contributed by atoms with Crippen LogP contribution in [-0.2, 0) is 0 Å². The first kappa shape index (κ1) is 24.2. The molecule has 1 unspecified atom stereocenters. The van der Waals surface area contributed by atoms with Crippen LogP contribution in [-0.4, -0.2) is 10.8 Å². The van der Waals surface area contributed by atoms with E-state index in [0.717, 1.165) is 17.7 Å². The van der Waals surface area contributed by atoms with Crippen molar-refractivity contribution in [2.24, 2.45) is 11.5 Å². The highest BCUT2D eigenvalue weighted by Gasteiger charge is 2.23. The van der Waals surface area contributed by atoms with E-state index in [1.54, 1.807) is 6.08 Å². The second-order valence-corrected chi connectivity index (χ2v) is 8.61. The molecule has 0 aromatic heterocycles. The van der Waals surface area contributed by atoms with Gasteiger partial charge in [0.05, 0.1) is 0 Å². The topological polar surface area (TPSA) is 72.3 Å². The average molecular weight is 379 g/mol. The number of aliphatic hydroxyl groups is 1. The molecule has 158 valence electrons. The molecule has 1 aliphatic carbocycles. The zero-order valence-electron chi connectivity index (χ0n) is 18.0. The maximum atomic E-state index is 9.75. The van der Waals surface area contributed by atoms with Crippen molar-refractivity contribution in [1.82, 2.24) is 0 Å². The smallest absolute Gasteiger partial charge is 0.138 e. The Morgan fingerprint density at radius 1 is 0.778 bits per heavy atom. The molecule has 1 rings (SSSR count). The Labute approximate surface area is 168 Å². The van der Waals surface area contributed by atoms with Crippen molar-refractivity contribution in [3.63, 3.8) is 0 Å². The summed E-state index contributed by atoms with van der Waals surface area (Å²) in [5, 5.41) is 9.75. The number of nitrogens with two attached hydrogens (primary N) is 2. The first-order valence-corrected chi connectivity index (χ1v) is 11.7. The average Bonchev–Trinajstić information content (AvgIpc) is 2.62. The summed E-state index contributed by atoms with van der Waals surface area (Å²) in [6.07, 6.45) is 27.2. The fourth-order valence-corrected chi connectivity index (χ4v) is 3.94. The standard InChI is InChI=1S/C24H46N2O/c1-2-3-4-5-6-7-8-9-10-11-12-13-14-15-16-17-18-22-19-20-24(26,27)21-23(22)25/h19-20,27H,2-18,21,25-26H2,1H3. The van der Waals surface area contributed by atoms with Crippen LogP contribution < -0.4 is 11.5 Å². The molecular weight excluding hydrogens is 332 g/mol. The summed E-state index contributed by atoms with van der Waals surface area (Å²) < 4.78 is 0. The molecule has 1 atom stereocenters. The van der Waals surface area contributed by atoms with Gasteiger partial charge in [0.15, 0.2) is 0 Å². The highest BCUT2D eigenvalue weighted by atomic mass is 16.3. The van der Waals surface area contributed by atoms with Gasteiger partial charge < -0.3 is 10.8 Å². The van der Waals surface area contributed by atoms with Gasteiger partial charge in [0, 0.05) is 12.1 Å². The van der Waals surface area contributed by atoms with Crippen LogP contribution in [0.15, 0.2) is 23.4 Å². The minimum absolute atomic E-state index is 0.359. The third-order valence-electron chi connectivity index (χ3n) is 5.76. The minimum Gasteiger partial charge on any atom is -0.402 e. The fraction of sp³-hybridized carbons (Fsp3) is 0.833. The Hall–Kier alpha value is -0.800. The number of hydrogen-bond acceptors (Lipinski definition) is 3. The summed E-state index contributed by atoms with van der Waals surface area (Å²) in [4.78, 5) is 0. The Morgan fingerprint density at radius 3 is 1.59 bits per heavy atom. The van der Waals surface area contributed by atoms with Gasteiger partial charge in [-0.3, -0.25) is 5.73 Å². The molecule has 0 aromatic rings. The predicted octanol–water partition coefficient (Wildman–Crippen LogP) is 6.46. The quantitative estimate of drug-likeness (QED) is 0.201. The Balaban J connectivity index is 1.82. The number of allylic oxidation sites excluding steroid dienone is 2. The van der Waals surface area contributed by atoms with Crippen LogP contribution in [0, 0.1) is 0 Å². The predicted molar refractivity (Wildman–Crippen MR) is 118 cm³/mol. The van der Waals surface area contributed by atoms with E-state index < -0.39 is 5.72 Å². The highest BCUT2D eigenvalue weighted by Crippen LogP contribution is 2.24. The van der Waals surface area contributed by atoms with Gasteiger partial charge in [0.1, 0.15) is 5.72 Å². The molecule has 3 heteroatoms. The van der Waals surface area contributed by atoms with Crippen LogP contribution in [0.4, 0.5) is 0 Å². The van der Waals surface area contributed by atoms with E-state index in [0.29, 0.717) is 6.42 Å². The van der Waals surface area contributed by atoms with Crippen LogP contribution in [0.1, 0.15) is 122 Å². The van der Waals surface area contributed by atoms with E-state index in [1.807, 2.05) is 6.08 Å². The molecule has 0 fully saturated rings. The highest BCUT2D eigenvalue weighted by molar-refractivity contribution is 5.31. The summed E-state index contributed by atoms with van der Waals surface area (Å²) in [7, 11) is 0. The molecule has 0 radical (unpaired) electrons. The summed E-state index contributed by atoms with van der Waals surface area (Å²) >= 11 is 0. The van der Waals surface area contributed by atoms with E-state index in [4.69, 9.17) is 11.5 Å². The van der Waals surface area contributed by atoms with Gasteiger partial charge >= 0.3 is 0 Å². The third-order valence-corrected chi connectivity index (χ3v) is 5.76. The van der Waals surface area contributed by atoms with E-state index in [2.05, 4.69) is 6.92 Å². The van der Waals surface area contributed by atoms with Crippen LogP contribution >= 0.6 is 0 Å². The normalized spacial score (nSPS) is 19.8. The maximum absolute atomic E-state index is 9.75. The number of rotatable bonds is 17. The van der Waals surface area contributed by atoms with Gasteiger partial charge in [-0.2, -0.15) is 0 Å². The first-order valence-electron chi connectivity index (χ1n) is 11.7. The Morgan fingerprint density at radius 2 is 1.19 bits per heavy atom. The minimum atomic E-state index is -1.25. The lowest BCUT2D eigenvalue weighted by atomic mass is 9.93. The van der Waals surface area contributed by atoms with E-state index in [1.165, 1.54) is 103 Å². The molecule has 0 heterocycles. The van der Waals surface area contributed by atoms with Crippen molar-refractivity contribution >= 4 is 0 Å². The van der Waals surface area contributed by atoms with Crippen molar-refractivity contribution in [1.29, 1.82) is 0 Å². The van der Waals surface area contributed by atoms with Gasteiger partial charge in [-0.1, -0.05) is 109 Å². The van der Waals surface area contributed by atoms with Crippen molar-refractivity contribution in [3.8, 4) is 0 Å². The summed E-state index contributed by atoms with van der Waals surface area (Å²) in [5.74, 6) is 0. The van der Waals surface area contributed by atoms with Crippen molar-refractivity contribution < 1.29 is 5.11 Å².